The zero-order valence-corrected chi connectivity index (χ0v) is 19.2. The summed E-state index contributed by atoms with van der Waals surface area (Å²) in [7, 11) is -0.214. The van der Waals surface area contributed by atoms with E-state index in [1.54, 1.807) is 0 Å². The van der Waals surface area contributed by atoms with Gasteiger partial charge in [0.25, 0.3) is 0 Å². The molecule has 0 aliphatic rings. The Labute approximate surface area is 143 Å². The Morgan fingerprint density at radius 2 is 0.600 bits per heavy atom. The van der Waals surface area contributed by atoms with Crippen molar-refractivity contribution in [2.24, 2.45) is 0 Å². The molecule has 0 saturated carbocycles. The normalized spacial score (nSPS) is 14.3. The number of hydrogen-bond donors (Lipinski definition) is 0. The Morgan fingerprint density at radius 1 is 0.450 bits per heavy atom. The summed E-state index contributed by atoms with van der Waals surface area (Å²) < 4.78 is 0. The third-order valence-electron chi connectivity index (χ3n) is 3.12. The molecule has 0 heterocycles. The summed E-state index contributed by atoms with van der Waals surface area (Å²) in [5, 5.41) is 1.57. The zero-order chi connectivity index (χ0) is 15.9. The van der Waals surface area contributed by atoms with Crippen LogP contribution in [0.3, 0.4) is 0 Å². The van der Waals surface area contributed by atoms with E-state index in [9.17, 15) is 0 Å². The van der Waals surface area contributed by atoms with Gasteiger partial charge in [-0.3, -0.25) is 0 Å². The Bertz CT molecular complexity index is 232. The molecule has 0 amide bonds. The quantitative estimate of drug-likeness (QED) is 0.506. The van der Waals surface area contributed by atoms with Crippen LogP contribution >= 0.6 is 15.6 Å². The molecule has 0 bridgehead atoms. The smallest absolute Gasteiger partial charge is 1.00 e. The van der Waals surface area contributed by atoms with Crippen LogP contribution in [0.25, 0.3) is 0 Å². The Hall–Kier alpha value is 1.40. The minimum Gasteiger partial charge on any atom is -1.00 e. The van der Waals surface area contributed by atoms with Crippen molar-refractivity contribution in [3.8, 4) is 0 Å². The van der Waals surface area contributed by atoms with Crippen molar-refractivity contribution < 1.29 is 17.0 Å². The zero-order valence-electron chi connectivity index (χ0n) is 15.8. The van der Waals surface area contributed by atoms with E-state index >= 15 is 0 Å². The molecule has 0 aromatic carbocycles. The van der Waals surface area contributed by atoms with E-state index in [-0.39, 0.29) is 32.6 Å². The van der Waals surface area contributed by atoms with E-state index in [1.807, 2.05) is 0 Å². The van der Waals surface area contributed by atoms with E-state index in [0.29, 0.717) is 20.6 Å². The van der Waals surface area contributed by atoms with Gasteiger partial charge in [-0.15, -0.1) is 0 Å². The van der Waals surface area contributed by atoms with Crippen molar-refractivity contribution in [3.05, 3.63) is 0 Å². The Kier molecular flexibility index (Phi) is 8.66. The number of rotatable bonds is 2. The van der Waals surface area contributed by atoms with Crippen LogP contribution in [0.15, 0.2) is 0 Å². The van der Waals surface area contributed by atoms with Crippen LogP contribution in [-0.4, -0.2) is 27.3 Å². The molecule has 0 radical (unpaired) electrons. The van der Waals surface area contributed by atoms with Gasteiger partial charge in [0.15, 0.2) is 0 Å². The third-order valence-corrected chi connectivity index (χ3v) is 10.8. The van der Waals surface area contributed by atoms with Crippen molar-refractivity contribution >= 4 is 22.3 Å². The van der Waals surface area contributed by atoms with Crippen molar-refractivity contribution in [1.82, 2.24) is 0 Å². The molecule has 0 fully saturated rings. The molecule has 4 heteroatoms. The average Bonchev–Trinajstić information content (AvgIpc) is 1.91. The molecule has 0 nitrogen and oxygen atoms in total. The summed E-state index contributed by atoms with van der Waals surface area (Å²) in [6.07, 6.45) is 0. The molecular weight excluding hydrogens is 345 g/mol. The van der Waals surface area contributed by atoms with Crippen molar-refractivity contribution in [2.45, 2.75) is 104 Å². The topological polar surface area (TPSA) is 0 Å². The van der Waals surface area contributed by atoms with Gasteiger partial charge < -0.3 is 17.0 Å². The summed E-state index contributed by atoms with van der Waals surface area (Å²) >= 11 is 0. The molecule has 20 heavy (non-hydrogen) atoms. The summed E-state index contributed by atoms with van der Waals surface area (Å²) in [4.78, 5) is 0. The molecule has 0 N–H and O–H groups in total. The van der Waals surface area contributed by atoms with Crippen LogP contribution in [0.5, 0.6) is 0 Å². The van der Waals surface area contributed by atoms with Gasteiger partial charge in [0.1, 0.15) is 0 Å². The van der Waals surface area contributed by atoms with E-state index in [4.69, 9.17) is 0 Å². The second kappa shape index (κ2) is 7.32. The Balaban J connectivity index is 0. The monoisotopic (exact) mass is 380 g/mol. The molecule has 0 aromatic rings. The summed E-state index contributed by atoms with van der Waals surface area (Å²) in [5.41, 5.74) is 0. The van der Waals surface area contributed by atoms with E-state index in [2.05, 4.69) is 89.8 Å². The maximum Gasteiger partial charge on any atom is -1.00 e. The second-order valence-electron chi connectivity index (χ2n) is 9.54. The third kappa shape index (κ3) is 7.60. The maximum atomic E-state index is 2.80. The fourth-order valence-corrected chi connectivity index (χ4v) is 13.3. The summed E-state index contributed by atoms with van der Waals surface area (Å²) in [6.45, 7) is 31.8. The Morgan fingerprint density at radius 3 is 0.700 bits per heavy atom. The molecule has 120 valence electrons. The van der Waals surface area contributed by atoms with Gasteiger partial charge in [-0.1, -0.05) is 0 Å². The van der Waals surface area contributed by atoms with Crippen molar-refractivity contribution in [1.29, 1.82) is 0 Å². The van der Waals surface area contributed by atoms with Crippen LogP contribution in [0.4, 0.5) is 0 Å². The minimum atomic E-state index is -0.107. The first kappa shape index (κ1) is 23.7. The average molecular weight is 381 g/mol. The fraction of sp³-hybridized carbons (Fsp3) is 1.00. The maximum absolute atomic E-state index is 2.80. The molecule has 0 rings (SSSR count). The van der Waals surface area contributed by atoms with Gasteiger partial charge in [0.2, 0.25) is 0 Å². The molecular formula is C16H36BBrP2. The summed E-state index contributed by atoms with van der Waals surface area (Å²) in [5.74, 6) is 0. The van der Waals surface area contributed by atoms with E-state index < -0.39 is 0 Å². The fourth-order valence-electron chi connectivity index (χ4n) is 2.82. The first-order chi connectivity index (χ1) is 7.97. The van der Waals surface area contributed by atoms with Crippen molar-refractivity contribution in [3.63, 3.8) is 0 Å². The first-order valence-corrected chi connectivity index (χ1v) is 10.2. The molecule has 0 unspecified atom stereocenters. The van der Waals surface area contributed by atoms with Crippen molar-refractivity contribution in [2.75, 3.05) is 0 Å². The molecule has 0 aliphatic carbocycles. The number of hydrogen-bond acceptors (Lipinski definition) is 0. The second-order valence-corrected chi connectivity index (χ2v) is 17.3. The SMILES string of the molecule is CC(C)(C)P([B+]P(C(C)(C)C)C(C)(C)C)C(C)(C)C.[Br-]. The van der Waals surface area contributed by atoms with Crippen LogP contribution < -0.4 is 17.0 Å². The summed E-state index contributed by atoms with van der Waals surface area (Å²) in [6, 6.07) is 0. The molecule has 0 saturated heterocycles. The molecule has 0 spiro atoms. The minimum absolute atomic E-state index is 0. The van der Waals surface area contributed by atoms with Gasteiger partial charge in [-0.05, 0) is 0 Å². The van der Waals surface area contributed by atoms with E-state index in [0.717, 1.165) is 0 Å². The van der Waals surface area contributed by atoms with Gasteiger partial charge in [-0.25, -0.2) is 0 Å². The predicted octanol–water partition coefficient (Wildman–Crippen LogP) is 3.68. The molecule has 0 aliphatic heterocycles. The van der Waals surface area contributed by atoms with E-state index in [1.165, 1.54) is 0 Å². The largest absolute Gasteiger partial charge is 1.00 e. The van der Waals surface area contributed by atoms with Gasteiger partial charge in [0.05, 0.1) is 0 Å². The van der Waals surface area contributed by atoms with Gasteiger partial charge in [0, 0.05) is 0 Å². The standard InChI is InChI=1S/C16H36BP2.BrH/c1-13(2,3)18(14(4,5)6)17-19(15(7,8)9)16(10,11)12;/h1-12H3;1H/q+1;/p-1. The first-order valence-electron chi connectivity index (χ1n) is 7.41. The van der Waals surface area contributed by atoms with Gasteiger partial charge in [-0.2, -0.15) is 0 Å². The number of halogens is 1. The molecule has 0 atom stereocenters. The van der Waals surface area contributed by atoms with Crippen LogP contribution in [0.1, 0.15) is 83.1 Å². The van der Waals surface area contributed by atoms with Crippen LogP contribution in [0, 0.1) is 0 Å². The predicted molar refractivity (Wildman–Crippen MR) is 98.6 cm³/mol. The molecule has 0 aromatic heterocycles. The van der Waals surface area contributed by atoms with Crippen LogP contribution in [0.2, 0.25) is 0 Å². The van der Waals surface area contributed by atoms with Gasteiger partial charge >= 0.3 is 126 Å². The van der Waals surface area contributed by atoms with Crippen LogP contribution in [-0.2, 0) is 0 Å².